The van der Waals surface area contributed by atoms with Crippen molar-refractivity contribution < 1.29 is 23.7 Å². The Balaban J connectivity index is 2.21. The third-order valence-corrected chi connectivity index (χ3v) is 5.53. The van der Waals surface area contributed by atoms with E-state index in [1.807, 2.05) is 52.0 Å². The molecule has 0 bridgehead atoms. The fraction of sp³-hybridized carbons (Fsp3) is 0.519. The number of benzene rings is 2. The molecule has 2 aromatic rings. The molecule has 0 aromatic heterocycles. The maximum absolute atomic E-state index is 12.9. The molecule has 0 amide bonds. The zero-order valence-electron chi connectivity index (χ0n) is 20.2. The molecule has 0 fully saturated rings. The van der Waals surface area contributed by atoms with Gasteiger partial charge in [0.15, 0.2) is 6.10 Å². The molecule has 1 atom stereocenters. The van der Waals surface area contributed by atoms with Crippen LogP contribution < -0.4 is 9.47 Å². The van der Waals surface area contributed by atoms with E-state index < -0.39 is 17.7 Å². The average Bonchev–Trinajstić information content (AvgIpc) is 2.77. The minimum Gasteiger partial charge on any atom is -0.493 e. The van der Waals surface area contributed by atoms with E-state index in [1.165, 1.54) is 12.7 Å². The number of hydrogen-bond acceptors (Lipinski definition) is 5. The Labute approximate surface area is 192 Å². The molecule has 5 nitrogen and oxygen atoms in total. The van der Waals surface area contributed by atoms with E-state index in [0.717, 1.165) is 66.0 Å². The molecule has 0 N–H and O–H groups in total. The maximum atomic E-state index is 12.9. The van der Waals surface area contributed by atoms with Gasteiger partial charge in [-0.1, -0.05) is 25.5 Å². The van der Waals surface area contributed by atoms with E-state index in [9.17, 15) is 4.79 Å². The fourth-order valence-electron chi connectivity index (χ4n) is 3.99. The fourth-order valence-corrected chi connectivity index (χ4v) is 3.99. The van der Waals surface area contributed by atoms with Crippen molar-refractivity contribution in [1.82, 2.24) is 0 Å². The first-order chi connectivity index (χ1) is 15.2. The van der Waals surface area contributed by atoms with Crippen LogP contribution in [0.2, 0.25) is 0 Å². The summed E-state index contributed by atoms with van der Waals surface area (Å²) in [5.41, 5.74) is 4.26. The van der Waals surface area contributed by atoms with Crippen LogP contribution in [0.5, 0.6) is 11.5 Å². The van der Waals surface area contributed by atoms with Crippen LogP contribution in [0.1, 0.15) is 69.8 Å². The lowest BCUT2D eigenvalue weighted by molar-refractivity contribution is -0.164. The Morgan fingerprint density at radius 3 is 2.66 bits per heavy atom. The highest BCUT2D eigenvalue weighted by Crippen LogP contribution is 2.43. The lowest BCUT2D eigenvalue weighted by Crippen LogP contribution is -2.29. The van der Waals surface area contributed by atoms with Gasteiger partial charge in [0.2, 0.25) is 0 Å². The Morgan fingerprint density at radius 1 is 1.19 bits per heavy atom. The third-order valence-electron chi connectivity index (χ3n) is 5.53. The van der Waals surface area contributed by atoms with Gasteiger partial charge in [-0.2, -0.15) is 0 Å². The largest absolute Gasteiger partial charge is 0.493 e. The number of rotatable bonds is 8. The van der Waals surface area contributed by atoms with E-state index in [0.29, 0.717) is 6.61 Å². The van der Waals surface area contributed by atoms with Crippen LogP contribution in [-0.2, 0) is 20.7 Å². The molecule has 0 saturated carbocycles. The molecule has 2 aromatic carbocycles. The summed E-state index contributed by atoms with van der Waals surface area (Å²) >= 11 is 0. The Hall–Kier alpha value is -2.53. The molecule has 1 aliphatic heterocycles. The lowest BCUT2D eigenvalue weighted by atomic mass is 9.89. The minimum atomic E-state index is -0.864. The van der Waals surface area contributed by atoms with E-state index in [4.69, 9.17) is 18.9 Å². The van der Waals surface area contributed by atoms with Gasteiger partial charge < -0.3 is 18.9 Å². The van der Waals surface area contributed by atoms with Gasteiger partial charge in [0.05, 0.1) is 25.9 Å². The molecule has 32 heavy (non-hydrogen) atoms. The summed E-state index contributed by atoms with van der Waals surface area (Å²) in [4.78, 5) is 12.9. The van der Waals surface area contributed by atoms with Crippen LogP contribution in [0.3, 0.4) is 0 Å². The first kappa shape index (κ1) is 24.1. The van der Waals surface area contributed by atoms with Crippen molar-refractivity contribution in [3.05, 3.63) is 47.0 Å². The number of aryl methyl sites for hydroxylation is 2. The number of fused-ring (bicyclic) bond motifs is 1. The number of carbonyl (C=O) groups is 1. The Bertz CT molecular complexity index is 942. The Kier molecular flexibility index (Phi) is 7.83. The van der Waals surface area contributed by atoms with Gasteiger partial charge in [0, 0.05) is 11.1 Å². The highest BCUT2D eigenvalue weighted by atomic mass is 16.6. The van der Waals surface area contributed by atoms with Gasteiger partial charge >= 0.3 is 5.97 Å². The van der Waals surface area contributed by atoms with Crippen LogP contribution >= 0.6 is 0 Å². The highest BCUT2D eigenvalue weighted by Gasteiger charge is 2.33. The average molecular weight is 441 g/mol. The van der Waals surface area contributed by atoms with Crippen molar-refractivity contribution in [1.29, 1.82) is 0 Å². The number of methoxy groups -OCH3 is 1. The van der Waals surface area contributed by atoms with Crippen LogP contribution in [-0.4, -0.2) is 31.9 Å². The zero-order chi connectivity index (χ0) is 23.3. The first-order valence-corrected chi connectivity index (χ1v) is 11.5. The monoisotopic (exact) mass is 440 g/mol. The van der Waals surface area contributed by atoms with E-state index >= 15 is 0 Å². The van der Waals surface area contributed by atoms with Crippen molar-refractivity contribution in [3.8, 4) is 22.6 Å². The van der Waals surface area contributed by atoms with Crippen molar-refractivity contribution in [3.63, 3.8) is 0 Å². The molecule has 3 rings (SSSR count). The summed E-state index contributed by atoms with van der Waals surface area (Å²) in [7, 11) is 1.40. The van der Waals surface area contributed by atoms with Crippen molar-refractivity contribution in [2.75, 3.05) is 20.3 Å². The summed E-state index contributed by atoms with van der Waals surface area (Å²) in [6.07, 6.45) is 3.10. The highest BCUT2D eigenvalue weighted by molar-refractivity contribution is 5.85. The second-order valence-electron chi connectivity index (χ2n) is 9.28. The smallest absolute Gasteiger partial charge is 0.339 e. The molecule has 1 aliphatic rings. The number of esters is 1. The quantitative estimate of drug-likeness (QED) is 0.362. The molecule has 1 heterocycles. The zero-order valence-corrected chi connectivity index (χ0v) is 20.2. The maximum Gasteiger partial charge on any atom is 0.339 e. The third kappa shape index (κ3) is 5.63. The summed E-state index contributed by atoms with van der Waals surface area (Å²) in [6.45, 7) is 11.3. The Morgan fingerprint density at radius 2 is 1.97 bits per heavy atom. The molecule has 174 valence electrons. The predicted molar refractivity (Wildman–Crippen MR) is 126 cm³/mol. The van der Waals surface area contributed by atoms with E-state index in [-0.39, 0.29) is 0 Å². The van der Waals surface area contributed by atoms with Gasteiger partial charge in [-0.05, 0) is 81.8 Å². The van der Waals surface area contributed by atoms with E-state index in [1.54, 1.807) is 0 Å². The number of ether oxygens (including phenoxy) is 4. The van der Waals surface area contributed by atoms with Gasteiger partial charge in [-0.3, -0.25) is 0 Å². The molecule has 0 saturated heterocycles. The summed E-state index contributed by atoms with van der Waals surface area (Å²) in [5, 5.41) is 0. The van der Waals surface area contributed by atoms with Crippen molar-refractivity contribution >= 4 is 5.97 Å². The second-order valence-corrected chi connectivity index (χ2v) is 9.28. The number of carbonyl (C=O) groups excluding carboxylic acids is 1. The van der Waals surface area contributed by atoms with Crippen LogP contribution in [0.4, 0.5) is 0 Å². The molecular weight excluding hydrogens is 404 g/mol. The first-order valence-electron chi connectivity index (χ1n) is 11.5. The number of unbranched alkanes of at least 4 members (excludes halogenated alkanes) is 1. The summed E-state index contributed by atoms with van der Waals surface area (Å²) < 4.78 is 23.5. The standard InChI is InChI=1S/C27H36O5/c1-7-8-15-31-22-13-11-18(2)23(25(26(28)29-6)32-27(3,4)5)24(22)20-12-14-21-19(17-20)10-9-16-30-21/h11-14,17,25H,7-10,15-16H2,1-6H3/t25-/m0/s1. The molecule has 0 unspecified atom stereocenters. The van der Waals surface area contributed by atoms with Crippen LogP contribution in [0.25, 0.3) is 11.1 Å². The normalized spacial score (nSPS) is 14.3. The van der Waals surface area contributed by atoms with Crippen LogP contribution in [0.15, 0.2) is 30.3 Å². The van der Waals surface area contributed by atoms with Gasteiger partial charge in [-0.15, -0.1) is 0 Å². The molecular formula is C27H36O5. The molecule has 0 spiro atoms. The molecule has 5 heteroatoms. The summed E-state index contributed by atoms with van der Waals surface area (Å²) in [6, 6.07) is 10.2. The topological polar surface area (TPSA) is 54.0 Å². The predicted octanol–water partition coefficient (Wildman–Crippen LogP) is 6.20. The van der Waals surface area contributed by atoms with Crippen molar-refractivity contribution in [2.45, 2.75) is 72.0 Å². The van der Waals surface area contributed by atoms with Crippen molar-refractivity contribution in [2.24, 2.45) is 0 Å². The molecule has 0 aliphatic carbocycles. The molecule has 0 radical (unpaired) electrons. The van der Waals surface area contributed by atoms with E-state index in [2.05, 4.69) is 13.0 Å². The SMILES string of the molecule is CCCCOc1ccc(C)c([C@H](OC(C)(C)C)C(=O)OC)c1-c1ccc2c(c1)CCCO2. The lowest BCUT2D eigenvalue weighted by Gasteiger charge is -2.29. The minimum absolute atomic E-state index is 0.420. The van der Waals surface area contributed by atoms with Crippen LogP contribution in [0, 0.1) is 6.92 Å². The van der Waals surface area contributed by atoms with Gasteiger partial charge in [0.1, 0.15) is 11.5 Å². The number of hydrogen-bond donors (Lipinski definition) is 0. The summed E-state index contributed by atoms with van der Waals surface area (Å²) in [5.74, 6) is 1.26. The second kappa shape index (κ2) is 10.4. The van der Waals surface area contributed by atoms with Gasteiger partial charge in [0.25, 0.3) is 0 Å². The van der Waals surface area contributed by atoms with Gasteiger partial charge in [-0.25, -0.2) is 4.79 Å².